The third kappa shape index (κ3) is 2.97. The lowest BCUT2D eigenvalue weighted by atomic mass is 10.2. The van der Waals surface area contributed by atoms with E-state index in [0.717, 1.165) is 23.7 Å². The van der Waals surface area contributed by atoms with E-state index in [-0.39, 0.29) is 5.82 Å². The van der Waals surface area contributed by atoms with Crippen LogP contribution in [0.4, 0.5) is 21.6 Å². The van der Waals surface area contributed by atoms with Gasteiger partial charge in [-0.2, -0.15) is 0 Å². The summed E-state index contributed by atoms with van der Waals surface area (Å²) in [5, 5.41) is 6.28. The van der Waals surface area contributed by atoms with Gasteiger partial charge in [0.25, 0.3) is 0 Å². The molecule has 1 aromatic carbocycles. The molecule has 0 unspecified atom stereocenters. The third-order valence-corrected chi connectivity index (χ3v) is 2.58. The molecule has 0 bridgehead atoms. The molecule has 1 aromatic heterocycles. The third-order valence-electron chi connectivity index (χ3n) is 2.58. The Morgan fingerprint density at radius 1 is 1.17 bits per heavy atom. The minimum absolute atomic E-state index is 0.207. The van der Waals surface area contributed by atoms with Crippen LogP contribution in [0.25, 0.3) is 0 Å². The van der Waals surface area contributed by atoms with Crippen molar-refractivity contribution >= 4 is 17.2 Å². The quantitative estimate of drug-likeness (QED) is 0.862. The highest BCUT2D eigenvalue weighted by Crippen LogP contribution is 2.20. The van der Waals surface area contributed by atoms with Gasteiger partial charge in [-0.1, -0.05) is 6.07 Å². The Hall–Kier alpha value is -2.10. The zero-order chi connectivity index (χ0) is 13.0. The van der Waals surface area contributed by atoms with E-state index in [9.17, 15) is 4.39 Å². The van der Waals surface area contributed by atoms with E-state index in [1.807, 2.05) is 25.1 Å². The zero-order valence-corrected chi connectivity index (χ0v) is 10.5. The Labute approximate surface area is 106 Å². The minimum atomic E-state index is -0.207. The molecule has 0 aliphatic rings. The molecule has 1 heterocycles. The predicted octanol–water partition coefficient (Wildman–Crippen LogP) is 3.70. The number of pyridine rings is 1. The van der Waals surface area contributed by atoms with Crippen LogP contribution in [-0.4, -0.2) is 11.5 Å². The van der Waals surface area contributed by atoms with Crippen LogP contribution < -0.4 is 10.6 Å². The molecule has 2 N–H and O–H groups in total. The van der Waals surface area contributed by atoms with Gasteiger partial charge < -0.3 is 10.6 Å². The smallest absolute Gasteiger partial charge is 0.128 e. The molecular weight excluding hydrogens is 229 g/mol. The Morgan fingerprint density at radius 3 is 2.67 bits per heavy atom. The van der Waals surface area contributed by atoms with Gasteiger partial charge in [-0.25, -0.2) is 9.37 Å². The molecule has 0 aliphatic heterocycles. The molecule has 0 spiro atoms. The van der Waals surface area contributed by atoms with Crippen LogP contribution in [0.5, 0.6) is 0 Å². The number of hydrogen-bond donors (Lipinski definition) is 2. The maximum atomic E-state index is 13.4. The number of hydrogen-bond acceptors (Lipinski definition) is 3. The van der Waals surface area contributed by atoms with E-state index in [1.54, 1.807) is 19.2 Å². The van der Waals surface area contributed by atoms with Gasteiger partial charge >= 0.3 is 0 Å². The monoisotopic (exact) mass is 245 g/mol. The van der Waals surface area contributed by atoms with Gasteiger partial charge in [-0.3, -0.25) is 0 Å². The number of aromatic nitrogens is 1. The fraction of sp³-hybridized carbons (Fsp3) is 0.214. The number of benzene rings is 1. The van der Waals surface area contributed by atoms with Crippen molar-refractivity contribution in [2.75, 3.05) is 17.2 Å². The van der Waals surface area contributed by atoms with Crippen LogP contribution >= 0.6 is 0 Å². The Balaban J connectivity index is 2.17. The summed E-state index contributed by atoms with van der Waals surface area (Å²) in [4.78, 5) is 4.18. The van der Waals surface area contributed by atoms with Crippen LogP contribution in [-0.2, 0) is 0 Å². The van der Waals surface area contributed by atoms with Crippen molar-refractivity contribution in [2.45, 2.75) is 13.8 Å². The fourth-order valence-electron chi connectivity index (χ4n) is 1.62. The molecule has 94 valence electrons. The second kappa shape index (κ2) is 5.49. The molecule has 0 amide bonds. The SMILES string of the molecule is CCNc1cc(Nc2ccc(C)c(F)c2)ccn1. The van der Waals surface area contributed by atoms with E-state index in [1.165, 1.54) is 6.07 Å². The number of rotatable bonds is 4. The van der Waals surface area contributed by atoms with Crippen LogP contribution in [0.15, 0.2) is 36.5 Å². The van der Waals surface area contributed by atoms with Crippen molar-refractivity contribution in [1.29, 1.82) is 0 Å². The van der Waals surface area contributed by atoms with E-state index < -0.39 is 0 Å². The second-order valence-corrected chi connectivity index (χ2v) is 4.05. The Morgan fingerprint density at radius 2 is 1.94 bits per heavy atom. The lowest BCUT2D eigenvalue weighted by Gasteiger charge is -2.09. The molecule has 3 nitrogen and oxygen atoms in total. The van der Waals surface area contributed by atoms with E-state index in [0.29, 0.717) is 5.56 Å². The van der Waals surface area contributed by atoms with Crippen molar-refractivity contribution in [1.82, 2.24) is 4.98 Å². The molecule has 2 aromatic rings. The summed E-state index contributed by atoms with van der Waals surface area (Å²) in [6.07, 6.45) is 1.71. The number of aryl methyl sites for hydroxylation is 1. The van der Waals surface area contributed by atoms with Crippen LogP contribution in [0.2, 0.25) is 0 Å². The predicted molar refractivity (Wildman–Crippen MR) is 72.8 cm³/mol. The van der Waals surface area contributed by atoms with E-state index in [2.05, 4.69) is 15.6 Å². The van der Waals surface area contributed by atoms with Gasteiger partial charge in [0.2, 0.25) is 0 Å². The summed E-state index contributed by atoms with van der Waals surface area (Å²) in [5.74, 6) is 0.594. The first-order valence-corrected chi connectivity index (χ1v) is 5.92. The van der Waals surface area contributed by atoms with Crippen LogP contribution in [0.3, 0.4) is 0 Å². The van der Waals surface area contributed by atoms with Gasteiger partial charge in [-0.05, 0) is 37.6 Å². The topological polar surface area (TPSA) is 37.0 Å². The first kappa shape index (κ1) is 12.4. The minimum Gasteiger partial charge on any atom is -0.370 e. The molecule has 4 heteroatoms. The largest absolute Gasteiger partial charge is 0.370 e. The molecule has 0 aliphatic carbocycles. The first-order chi connectivity index (χ1) is 8.69. The van der Waals surface area contributed by atoms with Crippen molar-refractivity contribution in [2.24, 2.45) is 0 Å². The molecule has 18 heavy (non-hydrogen) atoms. The number of halogens is 1. The highest BCUT2D eigenvalue weighted by molar-refractivity contribution is 5.62. The van der Waals surface area contributed by atoms with Crippen molar-refractivity contribution < 1.29 is 4.39 Å². The van der Waals surface area contributed by atoms with Crippen LogP contribution in [0, 0.1) is 12.7 Å². The number of anilines is 3. The van der Waals surface area contributed by atoms with Crippen molar-refractivity contribution in [3.8, 4) is 0 Å². The Kier molecular flexibility index (Phi) is 3.77. The average molecular weight is 245 g/mol. The summed E-state index contributed by atoms with van der Waals surface area (Å²) in [6.45, 7) is 4.57. The summed E-state index contributed by atoms with van der Waals surface area (Å²) < 4.78 is 13.4. The zero-order valence-electron chi connectivity index (χ0n) is 10.5. The van der Waals surface area contributed by atoms with E-state index in [4.69, 9.17) is 0 Å². The van der Waals surface area contributed by atoms with Gasteiger partial charge in [-0.15, -0.1) is 0 Å². The van der Waals surface area contributed by atoms with E-state index >= 15 is 0 Å². The summed E-state index contributed by atoms with van der Waals surface area (Å²) in [7, 11) is 0. The van der Waals surface area contributed by atoms with Crippen molar-refractivity contribution in [3.63, 3.8) is 0 Å². The molecule has 0 saturated heterocycles. The second-order valence-electron chi connectivity index (χ2n) is 4.05. The normalized spacial score (nSPS) is 10.2. The summed E-state index contributed by atoms with van der Waals surface area (Å²) in [6, 6.07) is 8.83. The molecule has 0 saturated carbocycles. The lowest BCUT2D eigenvalue weighted by Crippen LogP contribution is -2.00. The van der Waals surface area contributed by atoms with Gasteiger partial charge in [0, 0.05) is 30.2 Å². The Bertz CT molecular complexity index is 540. The molecule has 0 atom stereocenters. The van der Waals surface area contributed by atoms with Crippen molar-refractivity contribution in [3.05, 3.63) is 47.9 Å². The average Bonchev–Trinajstić information content (AvgIpc) is 2.35. The van der Waals surface area contributed by atoms with Gasteiger partial charge in [0.1, 0.15) is 11.6 Å². The maximum absolute atomic E-state index is 13.4. The number of nitrogens with zero attached hydrogens (tertiary/aromatic N) is 1. The van der Waals surface area contributed by atoms with Crippen LogP contribution in [0.1, 0.15) is 12.5 Å². The number of nitrogens with one attached hydrogen (secondary N) is 2. The summed E-state index contributed by atoms with van der Waals surface area (Å²) in [5.41, 5.74) is 2.25. The maximum Gasteiger partial charge on any atom is 0.128 e. The highest BCUT2D eigenvalue weighted by Gasteiger charge is 2.01. The lowest BCUT2D eigenvalue weighted by molar-refractivity contribution is 0.619. The molecular formula is C14H16FN3. The van der Waals surface area contributed by atoms with Gasteiger partial charge in [0.15, 0.2) is 0 Å². The first-order valence-electron chi connectivity index (χ1n) is 5.92. The fourth-order valence-corrected chi connectivity index (χ4v) is 1.62. The molecule has 0 fully saturated rings. The summed E-state index contributed by atoms with van der Waals surface area (Å²) >= 11 is 0. The molecule has 2 rings (SSSR count). The highest BCUT2D eigenvalue weighted by atomic mass is 19.1. The molecule has 0 radical (unpaired) electrons. The standard InChI is InChI=1S/C14H16FN3/c1-3-16-14-9-12(6-7-17-14)18-11-5-4-10(2)13(15)8-11/h4-9H,3H2,1-2H3,(H2,16,17,18). The van der Waals surface area contributed by atoms with Gasteiger partial charge in [0.05, 0.1) is 0 Å².